The van der Waals surface area contributed by atoms with Crippen LogP contribution in [-0.4, -0.2) is 63.3 Å². The van der Waals surface area contributed by atoms with Crippen LogP contribution in [0.1, 0.15) is 37.3 Å². The summed E-state index contributed by atoms with van der Waals surface area (Å²) in [5.74, 6) is -2.10. The Morgan fingerprint density at radius 1 is 1.40 bits per heavy atom. The summed E-state index contributed by atoms with van der Waals surface area (Å²) in [4.78, 5) is 23.1. The van der Waals surface area contributed by atoms with Gasteiger partial charge in [0.1, 0.15) is 5.76 Å². The molecule has 0 aromatic heterocycles. The number of nitrogens with one attached hydrogen (secondary N) is 1. The smallest absolute Gasteiger partial charge is 0.333 e. The molecule has 1 aromatic rings. The number of aliphatic hydroxyl groups excluding tert-OH is 1. The number of aliphatic hydroxyl groups is 2. The molecule has 4 rings (SSSR count). The van der Waals surface area contributed by atoms with Crippen LogP contribution in [-0.2, 0) is 26.2 Å². The second-order valence-corrected chi connectivity index (χ2v) is 8.08. The number of hydrogen-bond donors (Lipinski definition) is 5. The molecule has 9 heteroatoms. The van der Waals surface area contributed by atoms with Gasteiger partial charge in [-0.15, -0.1) is 0 Å². The monoisotopic (exact) mass is 419 g/mol. The summed E-state index contributed by atoms with van der Waals surface area (Å²) in [6.45, 7) is 1.90. The number of esters is 1. The van der Waals surface area contributed by atoms with Crippen LogP contribution in [0.3, 0.4) is 0 Å². The first kappa shape index (κ1) is 20.6. The summed E-state index contributed by atoms with van der Waals surface area (Å²) in [6, 6.07) is 3.06. The first-order valence-corrected chi connectivity index (χ1v) is 9.92. The zero-order valence-corrected chi connectivity index (χ0v) is 16.7. The Morgan fingerprint density at radius 2 is 2.13 bits per heavy atom. The van der Waals surface area contributed by atoms with E-state index < -0.39 is 41.6 Å². The summed E-state index contributed by atoms with van der Waals surface area (Å²) in [6.07, 6.45) is -0.744. The van der Waals surface area contributed by atoms with E-state index in [2.05, 4.69) is 5.32 Å². The highest BCUT2D eigenvalue weighted by atomic mass is 16.6. The van der Waals surface area contributed by atoms with Gasteiger partial charge in [0.05, 0.1) is 17.4 Å². The molecule has 9 nitrogen and oxygen atoms in total. The van der Waals surface area contributed by atoms with Gasteiger partial charge in [-0.25, -0.2) is 4.79 Å². The minimum atomic E-state index is -1.88. The maximum atomic E-state index is 12.2. The molecule has 0 saturated carbocycles. The lowest BCUT2D eigenvalue weighted by Gasteiger charge is -2.56. The number of phenolic OH excluding ortho intramolecular Hbond substituents is 1. The van der Waals surface area contributed by atoms with E-state index in [-0.39, 0.29) is 29.7 Å². The van der Waals surface area contributed by atoms with Gasteiger partial charge in [-0.05, 0) is 37.6 Å². The number of aliphatic carboxylic acids is 1. The van der Waals surface area contributed by atoms with E-state index in [0.717, 1.165) is 11.1 Å². The molecule has 30 heavy (non-hydrogen) atoms. The fraction of sp³-hybridized carbons (Fsp3) is 0.524. The number of carbonyl (C=O) groups excluding carboxylic acids is 1. The third-order valence-electron chi connectivity index (χ3n) is 6.78. The molecule has 1 aromatic carbocycles. The maximum Gasteiger partial charge on any atom is 0.333 e. The number of rotatable bonds is 6. The van der Waals surface area contributed by atoms with E-state index in [4.69, 9.17) is 14.6 Å². The second kappa shape index (κ2) is 6.97. The van der Waals surface area contributed by atoms with Crippen LogP contribution in [0, 0.1) is 0 Å². The second-order valence-electron chi connectivity index (χ2n) is 8.08. The average Bonchev–Trinajstić information content (AvgIpc) is 3.08. The number of carbonyl (C=O) groups is 2. The van der Waals surface area contributed by atoms with E-state index in [1.54, 1.807) is 19.2 Å². The van der Waals surface area contributed by atoms with Crippen molar-refractivity contribution in [2.75, 3.05) is 7.05 Å². The Balaban J connectivity index is 1.79. The Hall–Kier alpha value is -2.62. The largest absolute Gasteiger partial charge is 0.504 e. The molecule has 5 N–H and O–H groups in total. The Kier molecular flexibility index (Phi) is 4.80. The molecule has 162 valence electrons. The minimum absolute atomic E-state index is 0.0618. The van der Waals surface area contributed by atoms with Crippen LogP contribution in [0.25, 0.3) is 0 Å². The summed E-state index contributed by atoms with van der Waals surface area (Å²) < 4.78 is 11.5. The molecule has 0 bridgehead atoms. The van der Waals surface area contributed by atoms with Crippen LogP contribution in [0.2, 0.25) is 0 Å². The van der Waals surface area contributed by atoms with Gasteiger partial charge in [0.2, 0.25) is 0 Å². The normalized spacial score (nSPS) is 31.9. The number of likely N-dealkylation sites (N-methyl/N-ethyl adjacent to an activating group) is 1. The molecule has 0 saturated heterocycles. The van der Waals surface area contributed by atoms with Crippen molar-refractivity contribution >= 4 is 11.9 Å². The van der Waals surface area contributed by atoms with Crippen LogP contribution >= 0.6 is 0 Å². The average molecular weight is 419 g/mol. The van der Waals surface area contributed by atoms with Crippen LogP contribution in [0.5, 0.6) is 11.5 Å². The molecule has 0 unspecified atom stereocenters. The van der Waals surface area contributed by atoms with Crippen molar-refractivity contribution in [3.63, 3.8) is 0 Å². The van der Waals surface area contributed by atoms with Gasteiger partial charge in [-0.1, -0.05) is 13.0 Å². The van der Waals surface area contributed by atoms with Crippen molar-refractivity contribution in [3.05, 3.63) is 35.1 Å². The highest BCUT2D eigenvalue weighted by Crippen LogP contribution is 2.63. The van der Waals surface area contributed by atoms with E-state index in [1.165, 1.54) is 0 Å². The number of carboxylic acid groups (broad SMARTS) is 1. The van der Waals surface area contributed by atoms with E-state index in [0.29, 0.717) is 12.8 Å². The van der Waals surface area contributed by atoms with Gasteiger partial charge in [0, 0.05) is 18.0 Å². The molecule has 0 radical (unpaired) electrons. The van der Waals surface area contributed by atoms with Gasteiger partial charge in [0.15, 0.2) is 23.7 Å². The zero-order chi connectivity index (χ0) is 21.8. The number of ether oxygens (including phenoxy) is 2. The molecule has 1 aliphatic heterocycles. The van der Waals surface area contributed by atoms with Crippen molar-refractivity contribution in [3.8, 4) is 11.5 Å². The minimum Gasteiger partial charge on any atom is -0.504 e. The Morgan fingerprint density at radius 3 is 2.77 bits per heavy atom. The SMILES string of the molecule is CC[C@]12c3c4ccc(O)c3O[C@H]1C(OC(=O)C[C@H](O)C(=O)O)=CC[C@@]2(O)[C@H](NC)C4. The lowest BCUT2D eigenvalue weighted by atomic mass is 9.52. The van der Waals surface area contributed by atoms with Crippen molar-refractivity contribution in [1.29, 1.82) is 0 Å². The fourth-order valence-corrected chi connectivity index (χ4v) is 5.39. The summed E-state index contributed by atoms with van der Waals surface area (Å²) in [5, 5.41) is 43.8. The third kappa shape index (κ3) is 2.59. The molecule has 1 heterocycles. The Bertz CT molecular complexity index is 943. The van der Waals surface area contributed by atoms with Crippen LogP contribution in [0.15, 0.2) is 24.0 Å². The molecule has 3 aliphatic rings. The molecular weight excluding hydrogens is 394 g/mol. The highest BCUT2D eigenvalue weighted by Gasteiger charge is 2.69. The fourth-order valence-electron chi connectivity index (χ4n) is 5.39. The van der Waals surface area contributed by atoms with Crippen molar-refractivity contribution in [1.82, 2.24) is 5.32 Å². The van der Waals surface area contributed by atoms with Crippen LogP contribution < -0.4 is 10.1 Å². The molecular formula is C21H25NO8. The number of aromatic hydroxyl groups is 1. The van der Waals surface area contributed by atoms with Crippen molar-refractivity contribution in [2.45, 2.75) is 61.9 Å². The van der Waals surface area contributed by atoms with E-state index >= 15 is 0 Å². The van der Waals surface area contributed by atoms with Gasteiger partial charge in [-0.2, -0.15) is 0 Å². The number of benzene rings is 1. The predicted molar refractivity (Wildman–Crippen MR) is 103 cm³/mol. The predicted octanol–water partition coefficient (Wildman–Crippen LogP) is 0.343. The number of hydrogen-bond acceptors (Lipinski definition) is 8. The molecule has 0 fully saturated rings. The summed E-state index contributed by atoms with van der Waals surface area (Å²) in [5.41, 5.74) is -0.580. The quantitative estimate of drug-likeness (QED) is 0.412. The highest BCUT2D eigenvalue weighted by molar-refractivity contribution is 5.81. The van der Waals surface area contributed by atoms with Gasteiger partial charge in [0.25, 0.3) is 0 Å². The van der Waals surface area contributed by atoms with Crippen molar-refractivity contribution in [2.24, 2.45) is 0 Å². The van der Waals surface area contributed by atoms with Gasteiger partial charge < -0.3 is 35.2 Å². The third-order valence-corrected chi connectivity index (χ3v) is 6.78. The zero-order valence-electron chi connectivity index (χ0n) is 16.7. The molecule has 5 atom stereocenters. The van der Waals surface area contributed by atoms with Crippen molar-refractivity contribution < 1.29 is 39.5 Å². The van der Waals surface area contributed by atoms with E-state index in [1.807, 2.05) is 13.0 Å². The lowest BCUT2D eigenvalue weighted by Crippen LogP contribution is -2.70. The van der Waals surface area contributed by atoms with E-state index in [9.17, 15) is 24.9 Å². The standard InChI is InChI=1S/C21H25NO8/c1-3-20-16-10-4-5-11(23)17(16)30-18(20)13(29-15(25)9-12(24)19(26)27)6-7-21(20,28)14(8-10)22-2/h4-6,12,14,18,22-24,28H,3,7-9H2,1-2H3,(H,26,27)/t12-,14+,18-,20-,21+/m0/s1. The molecule has 0 amide bonds. The number of phenols is 1. The maximum absolute atomic E-state index is 12.2. The van der Waals surface area contributed by atoms with Gasteiger partial charge in [-0.3, -0.25) is 4.79 Å². The molecule has 2 aliphatic carbocycles. The lowest BCUT2D eigenvalue weighted by molar-refractivity contribution is -0.156. The first-order valence-electron chi connectivity index (χ1n) is 9.92. The molecule has 0 spiro atoms. The Labute approximate surface area is 172 Å². The summed E-state index contributed by atoms with van der Waals surface area (Å²) >= 11 is 0. The van der Waals surface area contributed by atoms with Crippen LogP contribution in [0.4, 0.5) is 0 Å². The van der Waals surface area contributed by atoms with Gasteiger partial charge >= 0.3 is 11.9 Å². The summed E-state index contributed by atoms with van der Waals surface area (Å²) in [7, 11) is 1.77. The first-order chi connectivity index (χ1) is 14.2. The topological polar surface area (TPSA) is 146 Å². The number of carboxylic acids is 1.